The number of hydrogen-bond acceptors (Lipinski definition) is 2. The number of anilines is 1. The summed E-state index contributed by atoms with van der Waals surface area (Å²) < 4.78 is 5.63. The van der Waals surface area contributed by atoms with Gasteiger partial charge in [0.25, 0.3) is 0 Å². The first-order valence-electron chi connectivity index (χ1n) is 5.05. The minimum Gasteiger partial charge on any atom is -0.454 e. The van der Waals surface area contributed by atoms with Gasteiger partial charge in [-0.1, -0.05) is 29.3 Å². The van der Waals surface area contributed by atoms with E-state index >= 15 is 0 Å². The molecule has 88 valence electrons. The maximum atomic E-state index is 6.01. The van der Waals surface area contributed by atoms with Crippen molar-refractivity contribution >= 4 is 28.9 Å². The van der Waals surface area contributed by atoms with Crippen LogP contribution >= 0.6 is 23.2 Å². The largest absolute Gasteiger partial charge is 0.454 e. The Morgan fingerprint density at radius 1 is 1.00 bits per heavy atom. The molecule has 2 aromatic rings. The van der Waals surface area contributed by atoms with Crippen LogP contribution in [0.3, 0.4) is 0 Å². The average Bonchev–Trinajstić information content (AvgIpc) is 2.25. The summed E-state index contributed by atoms with van der Waals surface area (Å²) in [4.78, 5) is 0. The third-order valence-corrected chi connectivity index (χ3v) is 2.81. The molecule has 0 bridgehead atoms. The summed E-state index contributed by atoms with van der Waals surface area (Å²) in [5.74, 6) is 1.12. The lowest BCUT2D eigenvalue weighted by atomic mass is 10.2. The first kappa shape index (κ1) is 12.1. The third-order valence-electron chi connectivity index (χ3n) is 2.28. The minimum absolute atomic E-state index is 0.456. The van der Waals surface area contributed by atoms with Gasteiger partial charge < -0.3 is 10.5 Å². The maximum absolute atomic E-state index is 6.01. The fourth-order valence-corrected chi connectivity index (χ4v) is 1.88. The molecule has 0 aliphatic heterocycles. The van der Waals surface area contributed by atoms with E-state index in [1.165, 1.54) is 0 Å². The SMILES string of the molecule is Cc1ccc(Oc2ccc(Cl)cc2Cl)c(N)c1. The molecule has 2 nitrogen and oxygen atoms in total. The highest BCUT2D eigenvalue weighted by Gasteiger charge is 2.06. The Morgan fingerprint density at radius 2 is 1.71 bits per heavy atom. The van der Waals surface area contributed by atoms with Crippen LogP contribution in [0.2, 0.25) is 10.0 Å². The van der Waals surface area contributed by atoms with Crippen molar-refractivity contribution in [3.8, 4) is 11.5 Å². The highest BCUT2D eigenvalue weighted by Crippen LogP contribution is 2.34. The van der Waals surface area contributed by atoms with Crippen molar-refractivity contribution in [1.82, 2.24) is 0 Å². The van der Waals surface area contributed by atoms with Crippen molar-refractivity contribution in [3.05, 3.63) is 52.0 Å². The van der Waals surface area contributed by atoms with Gasteiger partial charge in [-0.25, -0.2) is 0 Å². The van der Waals surface area contributed by atoms with Gasteiger partial charge in [0.05, 0.1) is 10.7 Å². The number of nitrogen functional groups attached to an aromatic ring is 1. The minimum atomic E-state index is 0.456. The number of halogens is 2. The zero-order valence-corrected chi connectivity index (χ0v) is 10.7. The van der Waals surface area contributed by atoms with Crippen molar-refractivity contribution in [3.63, 3.8) is 0 Å². The van der Waals surface area contributed by atoms with Crippen LogP contribution in [0.1, 0.15) is 5.56 Å². The predicted molar refractivity (Wildman–Crippen MR) is 72.1 cm³/mol. The van der Waals surface area contributed by atoms with Gasteiger partial charge in [0.2, 0.25) is 0 Å². The summed E-state index contributed by atoms with van der Waals surface area (Å²) in [5, 5.41) is 1.02. The molecule has 0 atom stereocenters. The monoisotopic (exact) mass is 267 g/mol. The van der Waals surface area contributed by atoms with E-state index in [0.29, 0.717) is 27.2 Å². The smallest absolute Gasteiger partial charge is 0.150 e. The topological polar surface area (TPSA) is 35.2 Å². The van der Waals surface area contributed by atoms with E-state index in [1.807, 2.05) is 25.1 Å². The van der Waals surface area contributed by atoms with Crippen molar-refractivity contribution in [2.45, 2.75) is 6.92 Å². The van der Waals surface area contributed by atoms with Crippen LogP contribution < -0.4 is 10.5 Å². The van der Waals surface area contributed by atoms with E-state index < -0.39 is 0 Å². The molecule has 0 saturated carbocycles. The zero-order chi connectivity index (χ0) is 12.4. The van der Waals surface area contributed by atoms with Gasteiger partial charge in [0.15, 0.2) is 0 Å². The number of ether oxygens (including phenoxy) is 1. The van der Waals surface area contributed by atoms with Crippen LogP contribution in [-0.4, -0.2) is 0 Å². The van der Waals surface area contributed by atoms with Gasteiger partial charge in [-0.05, 0) is 42.8 Å². The molecule has 0 aliphatic rings. The van der Waals surface area contributed by atoms with Crippen LogP contribution in [0.25, 0.3) is 0 Å². The van der Waals surface area contributed by atoms with Gasteiger partial charge in [-0.15, -0.1) is 0 Å². The van der Waals surface area contributed by atoms with E-state index in [4.69, 9.17) is 33.7 Å². The molecule has 0 spiro atoms. The zero-order valence-electron chi connectivity index (χ0n) is 9.21. The molecule has 0 unspecified atom stereocenters. The van der Waals surface area contributed by atoms with E-state index in [9.17, 15) is 0 Å². The molecule has 17 heavy (non-hydrogen) atoms. The van der Waals surface area contributed by atoms with Crippen molar-refractivity contribution in [2.24, 2.45) is 0 Å². The maximum Gasteiger partial charge on any atom is 0.150 e. The van der Waals surface area contributed by atoms with Gasteiger partial charge in [0.1, 0.15) is 11.5 Å². The fraction of sp³-hybridized carbons (Fsp3) is 0.0769. The molecular formula is C13H11Cl2NO. The Morgan fingerprint density at radius 3 is 2.35 bits per heavy atom. The summed E-state index contributed by atoms with van der Waals surface area (Å²) in [6, 6.07) is 10.6. The van der Waals surface area contributed by atoms with Gasteiger partial charge in [0, 0.05) is 5.02 Å². The quantitative estimate of drug-likeness (QED) is 0.803. The molecule has 2 N–H and O–H groups in total. The van der Waals surface area contributed by atoms with Gasteiger partial charge in [-0.3, -0.25) is 0 Å². The van der Waals surface area contributed by atoms with Gasteiger partial charge in [-0.2, -0.15) is 0 Å². The summed E-state index contributed by atoms with van der Waals surface area (Å²) in [6.07, 6.45) is 0. The summed E-state index contributed by atoms with van der Waals surface area (Å²) in [6.45, 7) is 1.97. The van der Waals surface area contributed by atoms with Crippen LogP contribution in [0.4, 0.5) is 5.69 Å². The summed E-state index contributed by atoms with van der Waals surface area (Å²) in [7, 11) is 0. The molecule has 0 heterocycles. The Balaban J connectivity index is 2.31. The normalized spacial score (nSPS) is 10.3. The van der Waals surface area contributed by atoms with E-state index in [2.05, 4.69) is 0 Å². The van der Waals surface area contributed by atoms with Crippen LogP contribution in [0, 0.1) is 6.92 Å². The Labute approximate surface area is 110 Å². The molecule has 4 heteroatoms. The molecule has 0 saturated heterocycles. The highest BCUT2D eigenvalue weighted by atomic mass is 35.5. The van der Waals surface area contributed by atoms with Gasteiger partial charge >= 0.3 is 0 Å². The molecule has 0 fully saturated rings. The molecule has 0 aromatic heterocycles. The standard InChI is InChI=1S/C13H11Cl2NO/c1-8-2-4-13(11(16)6-8)17-12-5-3-9(14)7-10(12)15/h2-7H,16H2,1H3. The van der Waals surface area contributed by atoms with Crippen molar-refractivity contribution < 1.29 is 4.74 Å². The molecular weight excluding hydrogens is 257 g/mol. The second-order valence-corrected chi connectivity index (χ2v) is 4.56. The second-order valence-electron chi connectivity index (χ2n) is 3.72. The lowest BCUT2D eigenvalue weighted by Crippen LogP contribution is -1.93. The van der Waals surface area contributed by atoms with Crippen LogP contribution in [0.5, 0.6) is 11.5 Å². The first-order chi connectivity index (χ1) is 8.06. The number of benzene rings is 2. The Kier molecular flexibility index (Phi) is 3.46. The Hall–Kier alpha value is -1.38. The number of rotatable bonds is 2. The van der Waals surface area contributed by atoms with E-state index in [0.717, 1.165) is 5.56 Å². The molecule has 0 amide bonds. The van der Waals surface area contributed by atoms with E-state index in [1.54, 1.807) is 18.2 Å². The molecule has 0 radical (unpaired) electrons. The number of hydrogen-bond donors (Lipinski definition) is 1. The highest BCUT2D eigenvalue weighted by molar-refractivity contribution is 6.35. The van der Waals surface area contributed by atoms with Crippen molar-refractivity contribution in [2.75, 3.05) is 5.73 Å². The predicted octanol–water partition coefficient (Wildman–Crippen LogP) is 4.68. The van der Waals surface area contributed by atoms with Crippen LogP contribution in [0.15, 0.2) is 36.4 Å². The van der Waals surface area contributed by atoms with Crippen LogP contribution in [-0.2, 0) is 0 Å². The average molecular weight is 268 g/mol. The third kappa shape index (κ3) is 2.84. The number of aryl methyl sites for hydroxylation is 1. The van der Waals surface area contributed by atoms with Crippen molar-refractivity contribution in [1.29, 1.82) is 0 Å². The Bertz CT molecular complexity index is 506. The summed E-state index contributed by atoms with van der Waals surface area (Å²) >= 11 is 11.8. The fourth-order valence-electron chi connectivity index (χ4n) is 1.44. The molecule has 2 rings (SSSR count). The molecule has 0 aliphatic carbocycles. The number of nitrogens with two attached hydrogens (primary N) is 1. The molecule has 2 aromatic carbocycles. The second kappa shape index (κ2) is 4.86. The summed E-state index contributed by atoms with van der Waals surface area (Å²) in [5.41, 5.74) is 7.52. The lowest BCUT2D eigenvalue weighted by Gasteiger charge is -2.10. The lowest BCUT2D eigenvalue weighted by molar-refractivity contribution is 0.485. The van der Waals surface area contributed by atoms with E-state index in [-0.39, 0.29) is 0 Å². The first-order valence-corrected chi connectivity index (χ1v) is 5.81.